The number of nitrogens with two attached hydrogens (primary N) is 1. The van der Waals surface area contributed by atoms with Gasteiger partial charge in [-0.1, -0.05) is 6.07 Å². The van der Waals surface area contributed by atoms with E-state index in [9.17, 15) is 9.90 Å². The zero-order valence-corrected chi connectivity index (χ0v) is 11.7. The largest absolute Gasteiger partial charge is 0.465 e. The van der Waals surface area contributed by atoms with E-state index in [1.54, 1.807) is 0 Å². The highest BCUT2D eigenvalue weighted by molar-refractivity contribution is 5.79. The van der Waals surface area contributed by atoms with E-state index in [-0.39, 0.29) is 6.61 Å². The molecule has 0 fully saturated rings. The van der Waals surface area contributed by atoms with Crippen molar-refractivity contribution in [3.63, 3.8) is 0 Å². The SMILES string of the molecule is Nc1nc2ccc(CO)cc2n1CCCCCNC(=O)O. The lowest BCUT2D eigenvalue weighted by atomic mass is 10.2. The van der Waals surface area contributed by atoms with E-state index in [2.05, 4.69) is 10.3 Å². The Balaban J connectivity index is 1.94. The molecule has 1 aromatic heterocycles. The van der Waals surface area contributed by atoms with Gasteiger partial charge in [0.25, 0.3) is 0 Å². The first kappa shape index (κ1) is 15.1. The Morgan fingerprint density at radius 1 is 1.33 bits per heavy atom. The van der Waals surface area contributed by atoms with Gasteiger partial charge in [0.15, 0.2) is 0 Å². The maximum absolute atomic E-state index is 10.3. The molecule has 1 amide bonds. The van der Waals surface area contributed by atoms with Crippen LogP contribution >= 0.6 is 0 Å². The Labute approximate surface area is 122 Å². The molecule has 0 spiro atoms. The van der Waals surface area contributed by atoms with Crippen molar-refractivity contribution >= 4 is 23.1 Å². The number of unbranched alkanes of at least 4 members (excludes halogenated alkanes) is 2. The summed E-state index contributed by atoms with van der Waals surface area (Å²) in [6.07, 6.45) is 1.59. The molecule has 7 heteroatoms. The number of aryl methyl sites for hydroxylation is 1. The number of benzene rings is 1. The molecule has 0 saturated heterocycles. The molecule has 1 heterocycles. The van der Waals surface area contributed by atoms with E-state index >= 15 is 0 Å². The summed E-state index contributed by atoms with van der Waals surface area (Å²) in [6.45, 7) is 1.18. The first-order valence-electron chi connectivity index (χ1n) is 6.94. The smallest absolute Gasteiger partial charge is 0.404 e. The minimum absolute atomic E-state index is 0.0120. The van der Waals surface area contributed by atoms with Gasteiger partial charge in [-0.25, -0.2) is 9.78 Å². The fourth-order valence-electron chi connectivity index (χ4n) is 2.29. The van der Waals surface area contributed by atoms with Gasteiger partial charge < -0.3 is 25.8 Å². The molecule has 114 valence electrons. The average molecular weight is 292 g/mol. The van der Waals surface area contributed by atoms with Gasteiger partial charge in [-0.2, -0.15) is 0 Å². The number of rotatable bonds is 7. The second kappa shape index (κ2) is 6.94. The molecule has 2 aromatic rings. The minimum Gasteiger partial charge on any atom is -0.465 e. The topological polar surface area (TPSA) is 113 Å². The van der Waals surface area contributed by atoms with Crippen molar-refractivity contribution in [1.29, 1.82) is 0 Å². The lowest BCUT2D eigenvalue weighted by Crippen LogP contribution is -2.21. The Morgan fingerprint density at radius 2 is 2.14 bits per heavy atom. The van der Waals surface area contributed by atoms with Crippen LogP contribution in [0.4, 0.5) is 10.7 Å². The van der Waals surface area contributed by atoms with Crippen molar-refractivity contribution in [3.05, 3.63) is 23.8 Å². The average Bonchev–Trinajstić information content (AvgIpc) is 2.77. The normalized spacial score (nSPS) is 10.9. The molecule has 0 radical (unpaired) electrons. The van der Waals surface area contributed by atoms with E-state index in [1.807, 2.05) is 22.8 Å². The van der Waals surface area contributed by atoms with Crippen molar-refractivity contribution < 1.29 is 15.0 Å². The lowest BCUT2D eigenvalue weighted by molar-refractivity contribution is 0.194. The molecule has 1 aromatic carbocycles. The van der Waals surface area contributed by atoms with Crippen molar-refractivity contribution in [1.82, 2.24) is 14.9 Å². The third-order valence-corrected chi connectivity index (χ3v) is 3.36. The maximum Gasteiger partial charge on any atom is 0.404 e. The highest BCUT2D eigenvalue weighted by Gasteiger charge is 2.08. The molecule has 0 atom stereocenters. The monoisotopic (exact) mass is 292 g/mol. The highest BCUT2D eigenvalue weighted by Crippen LogP contribution is 2.20. The Hall–Kier alpha value is -2.28. The zero-order valence-electron chi connectivity index (χ0n) is 11.7. The molecule has 0 unspecified atom stereocenters. The summed E-state index contributed by atoms with van der Waals surface area (Å²) in [5, 5.41) is 20.0. The van der Waals surface area contributed by atoms with Crippen LogP contribution in [0.1, 0.15) is 24.8 Å². The molecular weight excluding hydrogens is 272 g/mol. The number of nitrogens with zero attached hydrogens (tertiary/aromatic N) is 2. The predicted octanol–water partition coefficient (Wildman–Crippen LogP) is 1.55. The summed E-state index contributed by atoms with van der Waals surface area (Å²) in [5.74, 6) is 0.462. The molecule has 21 heavy (non-hydrogen) atoms. The Morgan fingerprint density at radius 3 is 2.86 bits per heavy atom. The van der Waals surface area contributed by atoms with Crippen LogP contribution in [-0.2, 0) is 13.2 Å². The third-order valence-electron chi connectivity index (χ3n) is 3.36. The van der Waals surface area contributed by atoms with Gasteiger partial charge in [-0.05, 0) is 37.0 Å². The summed E-state index contributed by atoms with van der Waals surface area (Å²) >= 11 is 0. The molecule has 0 saturated carbocycles. The number of anilines is 1. The number of hydrogen-bond acceptors (Lipinski definition) is 4. The van der Waals surface area contributed by atoms with Gasteiger partial charge in [0.05, 0.1) is 17.6 Å². The fourth-order valence-corrected chi connectivity index (χ4v) is 2.29. The minimum atomic E-state index is -0.989. The third kappa shape index (κ3) is 3.85. The predicted molar refractivity (Wildman–Crippen MR) is 79.9 cm³/mol. The van der Waals surface area contributed by atoms with Crippen molar-refractivity contribution in [3.8, 4) is 0 Å². The maximum atomic E-state index is 10.3. The molecule has 2 rings (SSSR count). The van der Waals surface area contributed by atoms with Crippen LogP contribution in [0.3, 0.4) is 0 Å². The number of hydrogen-bond donors (Lipinski definition) is 4. The van der Waals surface area contributed by atoms with E-state index in [0.717, 1.165) is 42.4 Å². The summed E-state index contributed by atoms with van der Waals surface area (Å²) in [5.41, 5.74) is 8.49. The summed E-state index contributed by atoms with van der Waals surface area (Å²) < 4.78 is 1.93. The van der Waals surface area contributed by atoms with Crippen molar-refractivity contribution in [2.75, 3.05) is 12.3 Å². The number of aromatic nitrogens is 2. The molecular formula is C14H20N4O3. The standard InChI is InChI=1S/C14H20N4O3/c15-13-17-11-5-4-10(9-19)8-12(11)18(13)7-3-1-2-6-16-14(20)21/h4-5,8,16,19H,1-3,6-7,9H2,(H2,15,17)(H,20,21). The van der Waals surface area contributed by atoms with E-state index in [0.29, 0.717) is 12.5 Å². The highest BCUT2D eigenvalue weighted by atomic mass is 16.4. The van der Waals surface area contributed by atoms with Crippen LogP contribution in [0.5, 0.6) is 0 Å². The van der Waals surface area contributed by atoms with Crippen LogP contribution in [0.15, 0.2) is 18.2 Å². The summed E-state index contributed by atoms with van der Waals surface area (Å²) in [6, 6.07) is 5.58. The number of imidazole rings is 1. The molecule has 5 N–H and O–H groups in total. The summed E-state index contributed by atoms with van der Waals surface area (Å²) in [4.78, 5) is 14.6. The second-order valence-electron chi connectivity index (χ2n) is 4.90. The zero-order chi connectivity index (χ0) is 15.2. The molecule has 0 aliphatic carbocycles. The van der Waals surface area contributed by atoms with Gasteiger partial charge in [-0.3, -0.25) is 0 Å². The number of aliphatic hydroxyl groups excluding tert-OH is 1. The van der Waals surface area contributed by atoms with Crippen molar-refractivity contribution in [2.24, 2.45) is 0 Å². The van der Waals surface area contributed by atoms with Crippen molar-refractivity contribution in [2.45, 2.75) is 32.4 Å². The quantitative estimate of drug-likeness (QED) is 0.578. The van der Waals surface area contributed by atoms with E-state index in [4.69, 9.17) is 10.8 Å². The fraction of sp³-hybridized carbons (Fsp3) is 0.429. The van der Waals surface area contributed by atoms with E-state index in [1.165, 1.54) is 0 Å². The van der Waals surface area contributed by atoms with Gasteiger partial charge in [0, 0.05) is 13.1 Å². The first-order valence-corrected chi connectivity index (χ1v) is 6.94. The number of nitrogens with one attached hydrogen (secondary N) is 1. The van der Waals surface area contributed by atoms with Crippen LogP contribution < -0.4 is 11.1 Å². The summed E-state index contributed by atoms with van der Waals surface area (Å²) in [7, 11) is 0. The lowest BCUT2D eigenvalue weighted by Gasteiger charge is -2.07. The van der Waals surface area contributed by atoms with Gasteiger partial charge >= 0.3 is 6.09 Å². The number of nitrogen functional groups attached to an aromatic ring is 1. The molecule has 0 bridgehead atoms. The van der Waals surface area contributed by atoms with E-state index < -0.39 is 6.09 Å². The number of carboxylic acid groups (broad SMARTS) is 1. The second-order valence-corrected chi connectivity index (χ2v) is 4.90. The molecule has 0 aliphatic heterocycles. The first-order chi connectivity index (χ1) is 10.1. The van der Waals surface area contributed by atoms with Gasteiger partial charge in [-0.15, -0.1) is 0 Å². The molecule has 7 nitrogen and oxygen atoms in total. The van der Waals surface area contributed by atoms with Gasteiger partial charge in [0.1, 0.15) is 0 Å². The number of amides is 1. The Kier molecular flexibility index (Phi) is 4.99. The van der Waals surface area contributed by atoms with Crippen LogP contribution in [0.2, 0.25) is 0 Å². The number of carbonyl (C=O) groups is 1. The van der Waals surface area contributed by atoms with Crippen LogP contribution in [0, 0.1) is 0 Å². The van der Waals surface area contributed by atoms with Crippen LogP contribution in [0.25, 0.3) is 11.0 Å². The Bertz CT molecular complexity index is 624. The number of aliphatic hydroxyl groups is 1. The van der Waals surface area contributed by atoms with Gasteiger partial charge in [0.2, 0.25) is 5.95 Å². The van der Waals surface area contributed by atoms with Crippen LogP contribution in [-0.4, -0.2) is 32.4 Å². The number of fused-ring (bicyclic) bond motifs is 1. The molecule has 0 aliphatic rings.